The van der Waals surface area contributed by atoms with Crippen LogP contribution in [0, 0.1) is 18.3 Å². The van der Waals surface area contributed by atoms with E-state index in [-0.39, 0.29) is 5.91 Å². The number of benzene rings is 2. The van der Waals surface area contributed by atoms with Gasteiger partial charge in [0.15, 0.2) is 4.34 Å². The molecule has 5 nitrogen and oxygen atoms in total. The lowest BCUT2D eigenvalue weighted by atomic mass is 10.1. The highest BCUT2D eigenvalue weighted by molar-refractivity contribution is 8.00. The Morgan fingerprint density at radius 3 is 2.81 bits per heavy atom. The summed E-state index contributed by atoms with van der Waals surface area (Å²) in [5, 5.41) is 20.1. The summed E-state index contributed by atoms with van der Waals surface area (Å²) in [6, 6.07) is 17.4. The summed E-state index contributed by atoms with van der Waals surface area (Å²) in [5.41, 5.74) is 3.86. The molecule has 2 aromatic carbocycles. The number of nitriles is 1. The maximum atomic E-state index is 12.0. The lowest BCUT2D eigenvalue weighted by molar-refractivity contribution is -0.111. The first-order chi connectivity index (χ1) is 13.1. The van der Waals surface area contributed by atoms with Crippen LogP contribution in [-0.2, 0) is 10.5 Å². The number of thioether (sulfide) groups is 1. The van der Waals surface area contributed by atoms with Gasteiger partial charge in [-0.25, -0.2) is 0 Å². The van der Waals surface area contributed by atoms with Gasteiger partial charge in [-0.15, -0.1) is 10.2 Å². The highest BCUT2D eigenvalue weighted by atomic mass is 32.2. The van der Waals surface area contributed by atoms with E-state index in [1.54, 1.807) is 18.2 Å². The smallest absolute Gasteiger partial charge is 0.250 e. The second kappa shape index (κ2) is 9.12. The molecule has 0 radical (unpaired) electrons. The van der Waals surface area contributed by atoms with Crippen molar-refractivity contribution in [3.05, 3.63) is 76.9 Å². The molecule has 0 aliphatic carbocycles. The molecule has 134 valence electrons. The minimum atomic E-state index is -0.240. The molecule has 3 aromatic rings. The zero-order valence-electron chi connectivity index (χ0n) is 14.5. The summed E-state index contributed by atoms with van der Waals surface area (Å²) in [5.74, 6) is 0.484. The Hall–Kier alpha value is -2.95. The van der Waals surface area contributed by atoms with Gasteiger partial charge in [-0.1, -0.05) is 65.1 Å². The second-order valence-electron chi connectivity index (χ2n) is 5.71. The van der Waals surface area contributed by atoms with Gasteiger partial charge in [-0.3, -0.25) is 10.1 Å². The molecule has 1 amide bonds. The largest absolute Gasteiger partial charge is 0.297 e. The number of rotatable bonds is 6. The summed E-state index contributed by atoms with van der Waals surface area (Å²) in [7, 11) is 0. The van der Waals surface area contributed by atoms with Crippen LogP contribution >= 0.6 is 23.1 Å². The Morgan fingerprint density at radius 1 is 1.26 bits per heavy atom. The molecule has 0 fully saturated rings. The number of aromatic nitrogens is 2. The SMILES string of the molecule is Cc1cccc(/C=C/C(=O)Nc2nnc(SCc3ccc(C#N)cc3)s2)c1. The topological polar surface area (TPSA) is 78.7 Å². The van der Waals surface area contributed by atoms with E-state index in [0.29, 0.717) is 10.7 Å². The Balaban J connectivity index is 1.52. The Labute approximate surface area is 165 Å². The van der Waals surface area contributed by atoms with Crippen LogP contribution < -0.4 is 5.32 Å². The highest BCUT2D eigenvalue weighted by Gasteiger charge is 2.07. The molecule has 7 heteroatoms. The normalized spacial score (nSPS) is 10.7. The van der Waals surface area contributed by atoms with Crippen molar-refractivity contribution in [1.82, 2.24) is 10.2 Å². The van der Waals surface area contributed by atoms with E-state index in [9.17, 15) is 4.79 Å². The van der Waals surface area contributed by atoms with Crippen molar-refractivity contribution in [2.75, 3.05) is 5.32 Å². The first-order valence-corrected chi connectivity index (χ1v) is 9.94. The summed E-state index contributed by atoms with van der Waals surface area (Å²) in [4.78, 5) is 12.0. The molecule has 0 bridgehead atoms. The minimum absolute atomic E-state index is 0.240. The fourth-order valence-electron chi connectivity index (χ4n) is 2.23. The van der Waals surface area contributed by atoms with Crippen molar-refractivity contribution < 1.29 is 4.79 Å². The van der Waals surface area contributed by atoms with Crippen molar-refractivity contribution >= 4 is 40.2 Å². The standard InChI is InChI=1S/C20H16N4OS2/c1-14-3-2-4-15(11-14)9-10-18(25)22-19-23-24-20(27-19)26-13-17-7-5-16(12-21)6-8-17/h2-11H,13H2,1H3,(H,22,23,25)/b10-9+. The summed E-state index contributed by atoms with van der Waals surface area (Å²) in [6.45, 7) is 2.01. The molecule has 1 aromatic heterocycles. The number of amides is 1. The first kappa shape index (κ1) is 18.8. The van der Waals surface area contributed by atoms with E-state index in [1.165, 1.54) is 29.2 Å². The van der Waals surface area contributed by atoms with Crippen LogP contribution in [0.1, 0.15) is 22.3 Å². The molecule has 0 saturated carbocycles. The molecule has 3 rings (SSSR count). The van der Waals surface area contributed by atoms with E-state index >= 15 is 0 Å². The Bertz CT molecular complexity index is 1000. The van der Waals surface area contributed by atoms with Gasteiger partial charge in [0.1, 0.15) is 0 Å². The molecule has 0 unspecified atom stereocenters. The third kappa shape index (κ3) is 5.78. The summed E-state index contributed by atoms with van der Waals surface area (Å²) < 4.78 is 0.775. The van der Waals surface area contributed by atoms with Crippen LogP contribution in [0.25, 0.3) is 6.08 Å². The number of nitrogens with zero attached hydrogens (tertiary/aromatic N) is 3. The average molecular weight is 393 g/mol. The molecule has 0 saturated heterocycles. The van der Waals surface area contributed by atoms with E-state index < -0.39 is 0 Å². The second-order valence-corrected chi connectivity index (χ2v) is 7.91. The van der Waals surface area contributed by atoms with Crippen molar-refractivity contribution in [2.24, 2.45) is 0 Å². The summed E-state index contributed by atoms with van der Waals surface area (Å²) in [6.07, 6.45) is 3.25. The van der Waals surface area contributed by atoms with Crippen LogP contribution in [0.3, 0.4) is 0 Å². The van der Waals surface area contributed by atoms with Gasteiger partial charge in [-0.2, -0.15) is 5.26 Å². The predicted octanol–water partition coefficient (Wildman–Crippen LogP) is 4.66. The van der Waals surface area contributed by atoms with Gasteiger partial charge >= 0.3 is 0 Å². The van der Waals surface area contributed by atoms with Crippen molar-refractivity contribution in [3.8, 4) is 6.07 Å². The van der Waals surface area contributed by atoms with Crippen LogP contribution in [0.2, 0.25) is 0 Å². The zero-order chi connectivity index (χ0) is 19.1. The Kier molecular flexibility index (Phi) is 6.36. The number of hydrogen-bond donors (Lipinski definition) is 1. The van der Waals surface area contributed by atoms with E-state index in [1.807, 2.05) is 43.3 Å². The molecule has 1 heterocycles. The molecule has 0 atom stereocenters. The lowest BCUT2D eigenvalue weighted by Crippen LogP contribution is -2.07. The van der Waals surface area contributed by atoms with Crippen LogP contribution in [0.5, 0.6) is 0 Å². The molecular weight excluding hydrogens is 376 g/mol. The molecular formula is C20H16N4OS2. The van der Waals surface area contributed by atoms with Crippen molar-refractivity contribution in [1.29, 1.82) is 5.26 Å². The van der Waals surface area contributed by atoms with Gasteiger partial charge in [0.2, 0.25) is 11.0 Å². The lowest BCUT2D eigenvalue weighted by Gasteiger charge is -1.98. The molecule has 0 aliphatic heterocycles. The summed E-state index contributed by atoms with van der Waals surface area (Å²) >= 11 is 2.87. The van der Waals surface area contributed by atoms with Crippen LogP contribution in [-0.4, -0.2) is 16.1 Å². The fourth-order valence-corrected chi connectivity index (χ4v) is 3.94. The van der Waals surface area contributed by atoms with Gasteiger partial charge in [0, 0.05) is 11.8 Å². The number of hydrogen-bond acceptors (Lipinski definition) is 6. The number of anilines is 1. The zero-order valence-corrected chi connectivity index (χ0v) is 16.2. The maximum Gasteiger partial charge on any atom is 0.250 e. The predicted molar refractivity (Wildman–Crippen MR) is 109 cm³/mol. The van der Waals surface area contributed by atoms with Crippen molar-refractivity contribution in [3.63, 3.8) is 0 Å². The average Bonchev–Trinajstić information content (AvgIpc) is 3.12. The third-order valence-corrected chi connectivity index (χ3v) is 5.59. The molecule has 0 aliphatic rings. The van der Waals surface area contributed by atoms with Crippen LogP contribution in [0.15, 0.2) is 58.9 Å². The molecule has 1 N–H and O–H groups in total. The highest BCUT2D eigenvalue weighted by Crippen LogP contribution is 2.28. The first-order valence-electron chi connectivity index (χ1n) is 8.13. The van der Waals surface area contributed by atoms with Crippen molar-refractivity contribution in [2.45, 2.75) is 17.0 Å². The molecule has 27 heavy (non-hydrogen) atoms. The van der Waals surface area contributed by atoms with E-state index in [2.05, 4.69) is 21.6 Å². The van der Waals surface area contributed by atoms with E-state index in [0.717, 1.165) is 26.8 Å². The monoisotopic (exact) mass is 392 g/mol. The third-order valence-electron chi connectivity index (χ3n) is 3.55. The molecule has 0 spiro atoms. The minimum Gasteiger partial charge on any atom is -0.297 e. The Morgan fingerprint density at radius 2 is 2.07 bits per heavy atom. The van der Waals surface area contributed by atoms with E-state index in [4.69, 9.17) is 5.26 Å². The number of nitrogens with one attached hydrogen (secondary N) is 1. The fraction of sp³-hybridized carbons (Fsp3) is 0.100. The van der Waals surface area contributed by atoms with Gasteiger partial charge in [0.05, 0.1) is 11.6 Å². The number of aryl methyl sites for hydroxylation is 1. The van der Waals surface area contributed by atoms with Gasteiger partial charge in [-0.05, 0) is 36.3 Å². The van der Waals surface area contributed by atoms with Crippen LogP contribution in [0.4, 0.5) is 5.13 Å². The maximum absolute atomic E-state index is 12.0. The van der Waals surface area contributed by atoms with Gasteiger partial charge in [0.25, 0.3) is 0 Å². The number of carbonyl (C=O) groups is 1. The van der Waals surface area contributed by atoms with Gasteiger partial charge < -0.3 is 0 Å². The quantitative estimate of drug-likeness (QED) is 0.375. The number of carbonyl (C=O) groups excluding carboxylic acids is 1.